The Kier molecular flexibility index (Phi) is 6.55. The average Bonchev–Trinajstić information content (AvgIpc) is 3.50. The van der Waals surface area contributed by atoms with E-state index in [2.05, 4.69) is 17.6 Å². The summed E-state index contributed by atoms with van der Waals surface area (Å²) in [5.74, 6) is -1.39. The zero-order valence-corrected chi connectivity index (χ0v) is 18.5. The number of ether oxygens (including phenoxy) is 1. The lowest BCUT2D eigenvalue weighted by Crippen LogP contribution is -2.61. The third-order valence-corrected chi connectivity index (χ3v) is 6.82. The number of rotatable bonds is 5. The van der Waals surface area contributed by atoms with Gasteiger partial charge in [-0.2, -0.15) is 0 Å². The van der Waals surface area contributed by atoms with E-state index in [1.54, 1.807) is 30.3 Å². The first-order chi connectivity index (χ1) is 15.3. The molecule has 2 fully saturated rings. The molecule has 0 spiro atoms. The van der Waals surface area contributed by atoms with Gasteiger partial charge in [0, 0.05) is 29.7 Å². The van der Waals surface area contributed by atoms with Gasteiger partial charge < -0.3 is 15.2 Å². The van der Waals surface area contributed by atoms with Crippen LogP contribution >= 0.6 is 12.2 Å². The minimum Gasteiger partial charge on any atom is -0.396 e. The molecule has 8 heteroatoms. The Morgan fingerprint density at radius 2 is 1.94 bits per heavy atom. The van der Waals surface area contributed by atoms with E-state index in [9.17, 15) is 18.7 Å². The number of hydrogen-bond donors (Lipinski definition) is 3. The van der Waals surface area contributed by atoms with Crippen molar-refractivity contribution in [3.05, 3.63) is 71.3 Å². The van der Waals surface area contributed by atoms with Gasteiger partial charge >= 0.3 is 0 Å². The molecule has 0 aromatic heterocycles. The SMILES string of the molecule is C[C@@H]1C[C@H]1[C@H]1C[C@@H](CO)[C@](NC(=S)NC(=O)c2ccccc2)(c2ccc(F)cc2F)CO1. The minimum absolute atomic E-state index is 0.0238. The molecule has 4 rings (SSSR count). The first-order valence-corrected chi connectivity index (χ1v) is 11.1. The summed E-state index contributed by atoms with van der Waals surface area (Å²) < 4.78 is 34.7. The molecule has 1 heterocycles. The molecule has 2 aromatic carbocycles. The molecule has 0 radical (unpaired) electrons. The molecule has 0 bridgehead atoms. The number of halogens is 2. The van der Waals surface area contributed by atoms with Gasteiger partial charge in [-0.3, -0.25) is 10.1 Å². The number of hydrogen-bond acceptors (Lipinski definition) is 4. The Morgan fingerprint density at radius 3 is 2.56 bits per heavy atom. The molecule has 170 valence electrons. The molecule has 32 heavy (non-hydrogen) atoms. The third-order valence-electron chi connectivity index (χ3n) is 6.62. The van der Waals surface area contributed by atoms with E-state index in [0.29, 0.717) is 23.8 Å². The summed E-state index contributed by atoms with van der Waals surface area (Å²) in [6, 6.07) is 11.9. The molecule has 1 aliphatic heterocycles. The Hall–Kier alpha value is -2.42. The van der Waals surface area contributed by atoms with Gasteiger partial charge in [0.1, 0.15) is 11.6 Å². The van der Waals surface area contributed by atoms with Crippen molar-refractivity contribution >= 4 is 23.2 Å². The first-order valence-electron chi connectivity index (χ1n) is 10.7. The molecule has 1 saturated carbocycles. The van der Waals surface area contributed by atoms with E-state index in [1.165, 1.54) is 6.07 Å². The largest absolute Gasteiger partial charge is 0.396 e. The highest BCUT2D eigenvalue weighted by Gasteiger charge is 2.52. The Bertz CT molecular complexity index is 1010. The third kappa shape index (κ3) is 4.53. The second-order valence-corrected chi connectivity index (χ2v) is 9.12. The molecule has 2 aliphatic rings. The number of thiocarbonyl (C=S) groups is 1. The average molecular weight is 461 g/mol. The molecule has 5 nitrogen and oxygen atoms in total. The Morgan fingerprint density at radius 1 is 1.22 bits per heavy atom. The quantitative estimate of drug-likeness (QED) is 0.596. The van der Waals surface area contributed by atoms with Crippen LogP contribution in [0.5, 0.6) is 0 Å². The summed E-state index contributed by atoms with van der Waals surface area (Å²) in [4.78, 5) is 12.5. The predicted molar refractivity (Wildman–Crippen MR) is 120 cm³/mol. The fraction of sp³-hybridized carbons (Fsp3) is 0.417. The highest BCUT2D eigenvalue weighted by Crippen LogP contribution is 2.48. The van der Waals surface area contributed by atoms with Crippen LogP contribution in [-0.4, -0.2) is 35.4 Å². The number of nitrogens with one attached hydrogen (secondary N) is 2. The number of aliphatic hydroxyl groups excluding tert-OH is 1. The smallest absolute Gasteiger partial charge is 0.257 e. The molecule has 0 unspecified atom stereocenters. The zero-order chi connectivity index (χ0) is 22.9. The molecule has 3 N–H and O–H groups in total. The highest BCUT2D eigenvalue weighted by molar-refractivity contribution is 7.80. The minimum atomic E-state index is -1.26. The number of benzene rings is 2. The highest BCUT2D eigenvalue weighted by atomic mass is 32.1. The van der Waals surface area contributed by atoms with Crippen LogP contribution in [0.25, 0.3) is 0 Å². The van der Waals surface area contributed by atoms with E-state index in [-0.39, 0.29) is 30.0 Å². The zero-order valence-electron chi connectivity index (χ0n) is 17.7. The van der Waals surface area contributed by atoms with Crippen molar-refractivity contribution in [3.8, 4) is 0 Å². The first kappa shape index (κ1) is 22.8. The van der Waals surface area contributed by atoms with Crippen molar-refractivity contribution in [2.45, 2.75) is 31.4 Å². The summed E-state index contributed by atoms with van der Waals surface area (Å²) in [6.07, 6.45) is 1.50. The molecular formula is C24H26F2N2O3S. The maximum atomic E-state index is 14.9. The summed E-state index contributed by atoms with van der Waals surface area (Å²) in [6.45, 7) is 1.92. The van der Waals surface area contributed by atoms with Gasteiger partial charge in [0.2, 0.25) is 0 Å². The monoisotopic (exact) mass is 460 g/mol. The summed E-state index contributed by atoms with van der Waals surface area (Å²) in [5.41, 5.74) is -0.709. The van der Waals surface area contributed by atoms with Gasteiger partial charge in [-0.1, -0.05) is 31.2 Å². The predicted octanol–water partition coefficient (Wildman–Crippen LogP) is 3.52. The van der Waals surface area contributed by atoms with Crippen molar-refractivity contribution in [2.24, 2.45) is 17.8 Å². The maximum Gasteiger partial charge on any atom is 0.257 e. The molecule has 1 amide bonds. The van der Waals surface area contributed by atoms with Crippen LogP contribution in [-0.2, 0) is 10.3 Å². The lowest BCUT2D eigenvalue weighted by molar-refractivity contribution is -0.0930. The van der Waals surface area contributed by atoms with E-state index in [4.69, 9.17) is 17.0 Å². The molecule has 1 aliphatic carbocycles. The number of aliphatic hydroxyl groups is 1. The van der Waals surface area contributed by atoms with Gasteiger partial charge in [0.15, 0.2) is 5.11 Å². The molecule has 2 aromatic rings. The van der Waals surface area contributed by atoms with Gasteiger partial charge in [-0.05, 0) is 55.1 Å². The lowest BCUT2D eigenvalue weighted by atomic mass is 9.73. The number of amides is 1. The normalized spacial score (nSPS) is 29.2. The fourth-order valence-corrected chi connectivity index (χ4v) is 4.93. The molecule has 1 saturated heterocycles. The van der Waals surface area contributed by atoms with Gasteiger partial charge in [-0.25, -0.2) is 8.78 Å². The van der Waals surface area contributed by atoms with Crippen LogP contribution in [0.1, 0.15) is 35.7 Å². The maximum absolute atomic E-state index is 14.9. The summed E-state index contributed by atoms with van der Waals surface area (Å²) in [7, 11) is 0. The Labute approximate surface area is 191 Å². The van der Waals surface area contributed by atoms with Crippen LogP contribution in [0.4, 0.5) is 8.78 Å². The molecular weight excluding hydrogens is 434 g/mol. The van der Waals surface area contributed by atoms with E-state index in [1.807, 2.05) is 0 Å². The second-order valence-electron chi connectivity index (χ2n) is 8.71. The summed E-state index contributed by atoms with van der Waals surface area (Å²) >= 11 is 5.39. The van der Waals surface area contributed by atoms with Crippen molar-refractivity contribution in [3.63, 3.8) is 0 Å². The van der Waals surface area contributed by atoms with E-state index >= 15 is 0 Å². The standard InChI is InChI=1S/C24H26F2N2O3S/c1-14-9-18(14)21-10-16(12-29)24(13-31-21,19-8-7-17(25)11-20(19)26)28-23(32)27-22(30)15-5-3-2-4-6-15/h2-8,11,14,16,18,21,29H,9-10,12-13H2,1H3,(H2,27,28,30,32)/t14-,16+,18-,21-,24+/m1/s1. The topological polar surface area (TPSA) is 70.6 Å². The Balaban J connectivity index is 1.62. The van der Waals surface area contributed by atoms with Crippen molar-refractivity contribution in [1.82, 2.24) is 10.6 Å². The number of carbonyl (C=O) groups excluding carboxylic acids is 1. The van der Waals surface area contributed by atoms with Crippen LogP contribution in [0.15, 0.2) is 48.5 Å². The van der Waals surface area contributed by atoms with Crippen LogP contribution in [0, 0.1) is 29.4 Å². The summed E-state index contributed by atoms with van der Waals surface area (Å²) in [5, 5.41) is 15.9. The van der Waals surface area contributed by atoms with E-state index < -0.39 is 29.0 Å². The van der Waals surface area contributed by atoms with Gasteiger partial charge in [-0.15, -0.1) is 0 Å². The van der Waals surface area contributed by atoms with E-state index in [0.717, 1.165) is 18.6 Å². The van der Waals surface area contributed by atoms with Crippen molar-refractivity contribution in [2.75, 3.05) is 13.2 Å². The fourth-order valence-electron chi connectivity index (χ4n) is 4.66. The second kappa shape index (κ2) is 9.21. The van der Waals surface area contributed by atoms with Crippen molar-refractivity contribution in [1.29, 1.82) is 0 Å². The van der Waals surface area contributed by atoms with Gasteiger partial charge in [0.25, 0.3) is 5.91 Å². The van der Waals surface area contributed by atoms with Crippen molar-refractivity contribution < 1.29 is 23.4 Å². The van der Waals surface area contributed by atoms with Crippen LogP contribution in [0.3, 0.4) is 0 Å². The van der Waals surface area contributed by atoms with Crippen LogP contribution in [0.2, 0.25) is 0 Å². The van der Waals surface area contributed by atoms with Gasteiger partial charge in [0.05, 0.1) is 18.2 Å². The lowest BCUT2D eigenvalue weighted by Gasteiger charge is -2.47. The number of carbonyl (C=O) groups is 1. The molecule has 5 atom stereocenters. The van der Waals surface area contributed by atoms with Crippen LogP contribution < -0.4 is 10.6 Å².